The summed E-state index contributed by atoms with van der Waals surface area (Å²) < 4.78 is 16.5. The number of carbonyl (C=O) groups excluding carboxylic acids is 1. The highest BCUT2D eigenvalue weighted by atomic mass is 16.5. The minimum Gasteiger partial charge on any atom is -0.465 e. The molecule has 0 heterocycles. The average molecular weight is 370 g/mol. The van der Waals surface area contributed by atoms with E-state index in [1.54, 1.807) is 7.11 Å². The van der Waals surface area contributed by atoms with Gasteiger partial charge in [-0.1, -0.05) is 61.5 Å². The molecule has 2 aromatic carbocycles. The standard InChI is InChI=1S/C23H30O4/c1-17(15-27-23(24)18(2)21-8-6-5-7-9-21)14-26-16-20-10-12-22(13-11-20)19(3)25-4/h5-13,17-19H,14-16H2,1-4H3. The number of esters is 1. The molecule has 0 radical (unpaired) electrons. The summed E-state index contributed by atoms with van der Waals surface area (Å²) in [5.41, 5.74) is 3.23. The lowest BCUT2D eigenvalue weighted by molar-refractivity contribution is -0.146. The largest absolute Gasteiger partial charge is 0.465 e. The molecule has 3 unspecified atom stereocenters. The molecule has 0 saturated carbocycles. The highest BCUT2D eigenvalue weighted by Gasteiger charge is 2.17. The first-order valence-electron chi connectivity index (χ1n) is 9.42. The van der Waals surface area contributed by atoms with E-state index in [-0.39, 0.29) is 23.9 Å². The first kappa shape index (κ1) is 21.1. The van der Waals surface area contributed by atoms with Crippen LogP contribution in [0.1, 0.15) is 49.5 Å². The van der Waals surface area contributed by atoms with Crippen LogP contribution in [0.15, 0.2) is 54.6 Å². The molecule has 4 nitrogen and oxygen atoms in total. The monoisotopic (exact) mass is 370 g/mol. The van der Waals surface area contributed by atoms with Crippen LogP contribution in [0.25, 0.3) is 0 Å². The second-order valence-electron chi connectivity index (χ2n) is 7.00. The maximum absolute atomic E-state index is 12.2. The Morgan fingerprint density at radius 3 is 2.19 bits per heavy atom. The van der Waals surface area contributed by atoms with E-state index in [4.69, 9.17) is 14.2 Å². The van der Waals surface area contributed by atoms with Crippen molar-refractivity contribution < 1.29 is 19.0 Å². The maximum Gasteiger partial charge on any atom is 0.313 e. The number of hydrogen-bond donors (Lipinski definition) is 0. The lowest BCUT2D eigenvalue weighted by Crippen LogP contribution is -2.19. The molecular formula is C23H30O4. The van der Waals surface area contributed by atoms with Gasteiger partial charge in [0.15, 0.2) is 0 Å². The fourth-order valence-corrected chi connectivity index (χ4v) is 2.67. The summed E-state index contributed by atoms with van der Waals surface area (Å²) in [7, 11) is 1.70. The van der Waals surface area contributed by atoms with E-state index < -0.39 is 0 Å². The summed E-state index contributed by atoms with van der Waals surface area (Å²) >= 11 is 0. The van der Waals surface area contributed by atoms with Crippen molar-refractivity contribution in [3.63, 3.8) is 0 Å². The molecule has 0 aromatic heterocycles. The smallest absolute Gasteiger partial charge is 0.313 e. The molecule has 3 atom stereocenters. The summed E-state index contributed by atoms with van der Waals surface area (Å²) in [6, 6.07) is 17.9. The van der Waals surface area contributed by atoms with Gasteiger partial charge in [-0.2, -0.15) is 0 Å². The third-order valence-electron chi connectivity index (χ3n) is 4.64. The first-order valence-corrected chi connectivity index (χ1v) is 9.42. The SMILES string of the molecule is COC(C)c1ccc(COCC(C)COC(=O)C(C)c2ccccc2)cc1. The molecule has 27 heavy (non-hydrogen) atoms. The fourth-order valence-electron chi connectivity index (χ4n) is 2.67. The van der Waals surface area contributed by atoms with Crippen LogP contribution < -0.4 is 0 Å². The fraction of sp³-hybridized carbons (Fsp3) is 0.435. The van der Waals surface area contributed by atoms with Gasteiger partial charge in [0.05, 0.1) is 31.8 Å². The number of methoxy groups -OCH3 is 1. The Balaban J connectivity index is 1.68. The molecule has 0 fully saturated rings. The van der Waals surface area contributed by atoms with Crippen LogP contribution in [-0.4, -0.2) is 26.3 Å². The van der Waals surface area contributed by atoms with Crippen molar-refractivity contribution in [1.82, 2.24) is 0 Å². The molecule has 0 aliphatic rings. The van der Waals surface area contributed by atoms with E-state index in [2.05, 4.69) is 24.3 Å². The molecule has 4 heteroatoms. The summed E-state index contributed by atoms with van der Waals surface area (Å²) in [6.45, 7) is 7.35. The predicted octanol–water partition coefficient (Wildman–Crippen LogP) is 4.89. The first-order chi connectivity index (χ1) is 13.0. The normalized spacial score (nSPS) is 14.4. The van der Waals surface area contributed by atoms with Gasteiger partial charge in [0.2, 0.25) is 0 Å². The van der Waals surface area contributed by atoms with Crippen molar-refractivity contribution in [2.45, 2.75) is 39.4 Å². The van der Waals surface area contributed by atoms with Crippen LogP contribution in [0.4, 0.5) is 0 Å². The van der Waals surface area contributed by atoms with Gasteiger partial charge >= 0.3 is 5.97 Å². The molecule has 0 bridgehead atoms. The minimum atomic E-state index is -0.257. The Morgan fingerprint density at radius 2 is 1.56 bits per heavy atom. The van der Waals surface area contributed by atoms with E-state index in [1.165, 1.54) is 0 Å². The van der Waals surface area contributed by atoms with Crippen molar-refractivity contribution >= 4 is 5.97 Å². The second kappa shape index (κ2) is 10.9. The molecule has 0 aliphatic carbocycles. The average Bonchev–Trinajstić information content (AvgIpc) is 2.72. The van der Waals surface area contributed by atoms with Crippen LogP contribution in [0, 0.1) is 5.92 Å². The molecule has 2 rings (SSSR count). The van der Waals surface area contributed by atoms with Crippen LogP contribution >= 0.6 is 0 Å². The summed E-state index contributed by atoms with van der Waals surface area (Å²) in [5.74, 6) is -0.312. The molecular weight excluding hydrogens is 340 g/mol. The van der Waals surface area contributed by atoms with Gasteiger partial charge in [-0.15, -0.1) is 0 Å². The molecule has 146 valence electrons. The zero-order chi connectivity index (χ0) is 19.6. The maximum atomic E-state index is 12.2. The summed E-state index contributed by atoms with van der Waals surface area (Å²) in [4.78, 5) is 12.2. The van der Waals surface area contributed by atoms with Crippen molar-refractivity contribution in [1.29, 1.82) is 0 Å². The van der Waals surface area contributed by atoms with Gasteiger partial charge < -0.3 is 14.2 Å². The molecule has 2 aromatic rings. The third kappa shape index (κ3) is 6.81. The van der Waals surface area contributed by atoms with Gasteiger partial charge in [-0.3, -0.25) is 4.79 Å². The number of benzene rings is 2. The molecule has 0 spiro atoms. The molecule has 0 N–H and O–H groups in total. The van der Waals surface area contributed by atoms with Crippen LogP contribution in [0.3, 0.4) is 0 Å². The second-order valence-corrected chi connectivity index (χ2v) is 7.00. The zero-order valence-electron chi connectivity index (χ0n) is 16.7. The van der Waals surface area contributed by atoms with Crippen LogP contribution in [0.5, 0.6) is 0 Å². The Bertz CT molecular complexity index is 681. The zero-order valence-corrected chi connectivity index (χ0v) is 16.7. The molecule has 0 aliphatic heterocycles. The highest BCUT2D eigenvalue weighted by Crippen LogP contribution is 2.18. The van der Waals surface area contributed by atoms with Crippen LogP contribution in [0.2, 0.25) is 0 Å². The van der Waals surface area contributed by atoms with Gasteiger partial charge in [-0.05, 0) is 30.5 Å². The Kier molecular flexibility index (Phi) is 8.49. The Morgan fingerprint density at radius 1 is 0.889 bits per heavy atom. The van der Waals surface area contributed by atoms with Gasteiger partial charge in [0.1, 0.15) is 0 Å². The summed E-state index contributed by atoms with van der Waals surface area (Å²) in [6.07, 6.45) is 0.0907. The van der Waals surface area contributed by atoms with Crippen molar-refractivity contribution in [2.24, 2.45) is 5.92 Å². The summed E-state index contributed by atoms with van der Waals surface area (Å²) in [5, 5.41) is 0. The van der Waals surface area contributed by atoms with Crippen LogP contribution in [-0.2, 0) is 25.6 Å². The number of rotatable bonds is 10. The number of hydrogen-bond acceptors (Lipinski definition) is 4. The topological polar surface area (TPSA) is 44.8 Å². The van der Waals surface area contributed by atoms with Gasteiger partial charge in [0, 0.05) is 13.0 Å². The van der Waals surface area contributed by atoms with E-state index in [9.17, 15) is 4.79 Å². The number of carbonyl (C=O) groups is 1. The van der Waals surface area contributed by atoms with E-state index in [1.807, 2.05) is 51.1 Å². The van der Waals surface area contributed by atoms with E-state index >= 15 is 0 Å². The van der Waals surface area contributed by atoms with Gasteiger partial charge in [0.25, 0.3) is 0 Å². The highest BCUT2D eigenvalue weighted by molar-refractivity contribution is 5.77. The van der Waals surface area contributed by atoms with Crippen molar-refractivity contribution in [3.05, 3.63) is 71.3 Å². The van der Waals surface area contributed by atoms with E-state index in [0.29, 0.717) is 19.8 Å². The minimum absolute atomic E-state index is 0.0907. The van der Waals surface area contributed by atoms with Crippen molar-refractivity contribution in [2.75, 3.05) is 20.3 Å². The molecule has 0 amide bonds. The quantitative estimate of drug-likeness (QED) is 0.558. The lowest BCUT2D eigenvalue weighted by atomic mass is 10.0. The Hall–Kier alpha value is -2.17. The van der Waals surface area contributed by atoms with Crippen molar-refractivity contribution in [3.8, 4) is 0 Å². The van der Waals surface area contributed by atoms with Gasteiger partial charge in [-0.25, -0.2) is 0 Å². The Labute approximate surface area is 162 Å². The van der Waals surface area contributed by atoms with E-state index in [0.717, 1.165) is 16.7 Å². The third-order valence-corrected chi connectivity index (χ3v) is 4.64. The lowest BCUT2D eigenvalue weighted by Gasteiger charge is -2.16. The predicted molar refractivity (Wildman–Crippen MR) is 107 cm³/mol. The molecule has 0 saturated heterocycles. The number of ether oxygens (including phenoxy) is 3.